The van der Waals surface area contributed by atoms with Crippen molar-refractivity contribution in [3.8, 4) is 0 Å². The number of fused-ring (bicyclic) bond motifs is 5. The van der Waals surface area contributed by atoms with Crippen LogP contribution >= 0.6 is 92.8 Å². The monoisotopic (exact) mass is 434 g/mol. The van der Waals surface area contributed by atoms with Crippen LogP contribution in [0.15, 0.2) is 20.9 Å². The molecule has 0 N–H and O–H groups in total. The summed E-state index contributed by atoms with van der Waals surface area (Å²) in [7, 11) is 1.46. The molecule has 3 rings (SSSR count). The highest BCUT2D eigenvalue weighted by atomic mass is 35.5. The van der Waals surface area contributed by atoms with E-state index < -0.39 is 31.3 Å². The minimum Gasteiger partial charge on any atom is -0.499 e. The van der Waals surface area contributed by atoms with Gasteiger partial charge >= 0.3 is 0 Å². The van der Waals surface area contributed by atoms with E-state index in [4.69, 9.17) is 97.5 Å². The van der Waals surface area contributed by atoms with Crippen LogP contribution in [0.2, 0.25) is 0 Å². The van der Waals surface area contributed by atoms with Crippen molar-refractivity contribution in [3.05, 3.63) is 20.9 Å². The number of alkyl halides is 5. The van der Waals surface area contributed by atoms with Crippen LogP contribution in [0.25, 0.3) is 0 Å². The van der Waals surface area contributed by atoms with Crippen LogP contribution in [0.3, 0.4) is 0 Å². The van der Waals surface area contributed by atoms with E-state index in [1.54, 1.807) is 0 Å². The third-order valence-electron chi connectivity index (χ3n) is 4.29. The maximum Gasteiger partial charge on any atom is 0.167 e. The van der Waals surface area contributed by atoms with E-state index in [2.05, 4.69) is 0 Å². The maximum atomic E-state index is 6.67. The standard InChI is InChI=1S/C11H6Cl8O/c1-20-6-3-2(4(12)5(6)13)9(16)7(14)8(15)10(3,17)11(9,18)19/h2-4H,1H3. The average Bonchev–Trinajstić information content (AvgIpc) is 2.76. The fraction of sp³-hybridized carbons (Fsp3) is 0.636. The van der Waals surface area contributed by atoms with E-state index in [9.17, 15) is 0 Å². The third-order valence-corrected chi connectivity index (χ3v) is 9.59. The van der Waals surface area contributed by atoms with Gasteiger partial charge in [-0.3, -0.25) is 0 Å². The van der Waals surface area contributed by atoms with Gasteiger partial charge in [0.2, 0.25) is 0 Å². The fourth-order valence-corrected chi connectivity index (χ4v) is 7.24. The topological polar surface area (TPSA) is 9.23 Å². The van der Waals surface area contributed by atoms with Gasteiger partial charge in [-0.25, -0.2) is 0 Å². The minimum absolute atomic E-state index is 0.104. The van der Waals surface area contributed by atoms with Gasteiger partial charge in [0, 0.05) is 5.92 Å². The SMILES string of the molecule is COC1=C(Cl)C(Cl)C2C1C1(Cl)C(Cl)=C(Cl)C2(Cl)C1(Cl)Cl. The van der Waals surface area contributed by atoms with Gasteiger partial charge in [0.15, 0.2) is 4.33 Å². The summed E-state index contributed by atoms with van der Waals surface area (Å²) in [5.41, 5.74) is 0. The highest BCUT2D eigenvalue weighted by molar-refractivity contribution is 6.66. The predicted octanol–water partition coefficient (Wildman–Crippen LogP) is 5.78. The van der Waals surface area contributed by atoms with Crippen molar-refractivity contribution in [2.45, 2.75) is 19.5 Å². The second kappa shape index (κ2) is 4.57. The molecule has 0 saturated heterocycles. The summed E-state index contributed by atoms with van der Waals surface area (Å²) in [4.78, 5) is -2.86. The Labute approximate surface area is 156 Å². The smallest absolute Gasteiger partial charge is 0.167 e. The Morgan fingerprint density at radius 2 is 1.45 bits per heavy atom. The Morgan fingerprint density at radius 1 is 0.950 bits per heavy atom. The fourth-order valence-electron chi connectivity index (χ4n) is 3.41. The molecule has 0 heterocycles. The molecule has 112 valence electrons. The zero-order chi connectivity index (χ0) is 15.2. The molecule has 2 bridgehead atoms. The van der Waals surface area contributed by atoms with Crippen molar-refractivity contribution < 1.29 is 4.74 Å². The molecule has 0 aliphatic heterocycles. The summed E-state index contributed by atoms with van der Waals surface area (Å²) in [6, 6.07) is 0. The lowest BCUT2D eigenvalue weighted by atomic mass is 9.83. The number of ether oxygens (including phenoxy) is 1. The van der Waals surface area contributed by atoms with Gasteiger partial charge in [-0.15, -0.1) is 34.8 Å². The van der Waals surface area contributed by atoms with Crippen LogP contribution in [0.5, 0.6) is 0 Å². The Kier molecular flexibility index (Phi) is 3.76. The molecular formula is C11H6Cl8O. The van der Waals surface area contributed by atoms with E-state index >= 15 is 0 Å². The lowest BCUT2D eigenvalue weighted by molar-refractivity contribution is 0.220. The number of hydrogen-bond acceptors (Lipinski definition) is 1. The Balaban J connectivity index is 2.33. The second-order valence-electron chi connectivity index (χ2n) is 4.95. The van der Waals surface area contributed by atoms with E-state index in [1.165, 1.54) is 7.11 Å². The first-order valence-corrected chi connectivity index (χ1v) is 8.56. The van der Waals surface area contributed by atoms with Crippen molar-refractivity contribution >= 4 is 92.8 Å². The highest BCUT2D eigenvalue weighted by Gasteiger charge is 2.85. The van der Waals surface area contributed by atoms with Gasteiger partial charge in [-0.2, -0.15) is 0 Å². The molecule has 0 aromatic carbocycles. The summed E-state index contributed by atoms with van der Waals surface area (Å²) < 4.78 is 3.69. The third kappa shape index (κ3) is 1.40. The highest BCUT2D eigenvalue weighted by Crippen LogP contribution is 2.80. The van der Waals surface area contributed by atoms with Crippen molar-refractivity contribution in [2.75, 3.05) is 7.11 Å². The average molecular weight is 438 g/mol. The Morgan fingerprint density at radius 3 is 1.95 bits per heavy atom. The maximum absolute atomic E-state index is 6.67. The largest absolute Gasteiger partial charge is 0.499 e. The van der Waals surface area contributed by atoms with Crippen LogP contribution in [0.4, 0.5) is 0 Å². The minimum atomic E-state index is -1.64. The molecule has 3 aliphatic rings. The summed E-state index contributed by atoms with van der Waals surface area (Å²) in [5, 5.41) is -0.134. The second-order valence-corrected chi connectivity index (χ2v) is 9.10. The lowest BCUT2D eigenvalue weighted by Gasteiger charge is -2.34. The van der Waals surface area contributed by atoms with Crippen molar-refractivity contribution in [2.24, 2.45) is 11.8 Å². The summed E-state index contributed by atoms with van der Waals surface area (Å²) in [6.45, 7) is 0. The van der Waals surface area contributed by atoms with Gasteiger partial charge in [0.05, 0.1) is 33.5 Å². The zero-order valence-corrected chi connectivity index (χ0v) is 15.7. The summed E-state index contributed by atoms with van der Waals surface area (Å²) in [5.74, 6) is -0.676. The number of methoxy groups -OCH3 is 1. The lowest BCUT2D eigenvalue weighted by Crippen LogP contribution is -2.46. The molecule has 0 amide bonds. The van der Waals surface area contributed by atoms with Gasteiger partial charge in [-0.05, 0) is 0 Å². The molecule has 0 aromatic heterocycles. The number of allylic oxidation sites excluding steroid dienone is 4. The molecule has 0 radical (unpaired) electrons. The van der Waals surface area contributed by atoms with Gasteiger partial charge in [0.1, 0.15) is 15.5 Å². The normalized spacial score (nSPS) is 49.1. The molecule has 20 heavy (non-hydrogen) atoms. The molecule has 1 nitrogen and oxygen atoms in total. The van der Waals surface area contributed by atoms with E-state index in [0.717, 1.165) is 0 Å². The van der Waals surface area contributed by atoms with Crippen LogP contribution in [-0.4, -0.2) is 26.6 Å². The predicted molar refractivity (Wildman–Crippen MR) is 86.8 cm³/mol. The van der Waals surface area contributed by atoms with E-state index in [1.807, 2.05) is 0 Å². The number of rotatable bonds is 1. The van der Waals surface area contributed by atoms with Gasteiger partial charge in [-0.1, -0.05) is 58.0 Å². The molecule has 0 spiro atoms. The van der Waals surface area contributed by atoms with Crippen LogP contribution in [-0.2, 0) is 4.74 Å². The van der Waals surface area contributed by atoms with E-state index in [-0.39, 0.29) is 10.1 Å². The summed E-state index contributed by atoms with van der Waals surface area (Å²) >= 11 is 51.3. The molecule has 9 heteroatoms. The molecule has 1 fully saturated rings. The molecule has 3 aliphatic carbocycles. The zero-order valence-electron chi connectivity index (χ0n) is 9.66. The first-order valence-electron chi connectivity index (χ1n) is 5.47. The molecule has 5 unspecified atom stereocenters. The van der Waals surface area contributed by atoms with Gasteiger partial charge in [0.25, 0.3) is 0 Å². The van der Waals surface area contributed by atoms with Gasteiger partial charge < -0.3 is 4.74 Å². The van der Waals surface area contributed by atoms with Crippen LogP contribution in [0, 0.1) is 11.8 Å². The Bertz CT molecular complexity index is 569. The molecule has 1 saturated carbocycles. The number of hydrogen-bond donors (Lipinski definition) is 0. The molecule has 0 aromatic rings. The molecule has 5 atom stereocenters. The first-order chi connectivity index (χ1) is 9.08. The quantitative estimate of drug-likeness (QED) is 0.472. The number of halogens is 8. The first kappa shape index (κ1) is 16.5. The van der Waals surface area contributed by atoms with Crippen molar-refractivity contribution in [1.29, 1.82) is 0 Å². The van der Waals surface area contributed by atoms with Crippen LogP contribution in [0.1, 0.15) is 0 Å². The Hall–Kier alpha value is 1.60. The van der Waals surface area contributed by atoms with Crippen LogP contribution < -0.4 is 0 Å². The van der Waals surface area contributed by atoms with E-state index in [0.29, 0.717) is 10.8 Å². The van der Waals surface area contributed by atoms with Crippen molar-refractivity contribution in [3.63, 3.8) is 0 Å². The van der Waals surface area contributed by atoms with Crippen molar-refractivity contribution in [1.82, 2.24) is 0 Å². The summed E-state index contributed by atoms with van der Waals surface area (Å²) in [6.07, 6.45) is 0. The molecular weight excluding hydrogens is 432 g/mol.